The highest BCUT2D eigenvalue weighted by molar-refractivity contribution is 6.31. The third-order valence-corrected chi connectivity index (χ3v) is 6.84. The molecule has 0 saturated heterocycles. The van der Waals surface area contributed by atoms with Crippen LogP contribution in [0.3, 0.4) is 0 Å². The number of allylic oxidation sites excluding steroid dienone is 2. The van der Waals surface area contributed by atoms with E-state index in [1.807, 2.05) is 30.1 Å². The van der Waals surface area contributed by atoms with Gasteiger partial charge in [0.1, 0.15) is 6.61 Å². The van der Waals surface area contributed by atoms with Gasteiger partial charge in [-0.3, -0.25) is 15.0 Å². The molecule has 40 heavy (non-hydrogen) atoms. The number of methoxy groups -OCH3 is 3. The molecule has 0 bridgehead atoms. The van der Waals surface area contributed by atoms with Gasteiger partial charge in [-0.25, -0.2) is 9.59 Å². The van der Waals surface area contributed by atoms with Crippen LogP contribution in [0.5, 0.6) is 11.5 Å². The first-order valence-electron chi connectivity index (χ1n) is 12.3. The Bertz CT molecular complexity index is 1370. The number of nitrogens with zero attached hydrogens (tertiary/aromatic N) is 2. The molecule has 2 aromatic carbocycles. The molecule has 0 aliphatic carbocycles. The van der Waals surface area contributed by atoms with Gasteiger partial charge in [-0.15, -0.1) is 0 Å². The van der Waals surface area contributed by atoms with Crippen molar-refractivity contribution in [1.82, 2.24) is 10.2 Å². The number of halogens is 1. The SMILES string of the molecule is COC(=O)C1=C(C)NC(C)=C(C(=O)OCCN(C)Cc2ccc(OC)c(OC)c2)C1c1cc([N+](=O)[O-])ccc1Cl. The van der Waals surface area contributed by atoms with E-state index in [9.17, 15) is 19.7 Å². The summed E-state index contributed by atoms with van der Waals surface area (Å²) in [5.74, 6) is -1.20. The van der Waals surface area contributed by atoms with E-state index in [0.717, 1.165) is 5.56 Å². The molecule has 12 heteroatoms. The van der Waals surface area contributed by atoms with Crippen LogP contribution in [-0.2, 0) is 25.6 Å². The van der Waals surface area contributed by atoms with E-state index in [1.165, 1.54) is 25.3 Å². The molecule has 0 fully saturated rings. The van der Waals surface area contributed by atoms with Crippen molar-refractivity contribution in [3.63, 3.8) is 0 Å². The highest BCUT2D eigenvalue weighted by Crippen LogP contribution is 2.43. The predicted octanol–water partition coefficient (Wildman–Crippen LogP) is 4.35. The van der Waals surface area contributed by atoms with Gasteiger partial charge in [0, 0.05) is 41.6 Å². The van der Waals surface area contributed by atoms with E-state index in [1.54, 1.807) is 28.1 Å². The zero-order valence-electron chi connectivity index (χ0n) is 23.2. The second-order valence-electron chi connectivity index (χ2n) is 9.15. The molecule has 0 radical (unpaired) electrons. The van der Waals surface area contributed by atoms with Crippen molar-refractivity contribution in [2.45, 2.75) is 26.3 Å². The Morgan fingerprint density at radius 3 is 2.25 bits per heavy atom. The molecule has 0 amide bonds. The number of likely N-dealkylation sites (N-methyl/N-ethyl adjacent to an activating group) is 1. The van der Waals surface area contributed by atoms with Gasteiger partial charge < -0.3 is 24.3 Å². The maximum Gasteiger partial charge on any atom is 0.336 e. The van der Waals surface area contributed by atoms with E-state index in [2.05, 4.69) is 5.32 Å². The zero-order valence-corrected chi connectivity index (χ0v) is 24.0. The van der Waals surface area contributed by atoms with Crippen molar-refractivity contribution in [1.29, 1.82) is 0 Å². The number of nitro groups is 1. The molecular formula is C28H32ClN3O8. The van der Waals surface area contributed by atoms with Crippen LogP contribution in [0.25, 0.3) is 0 Å². The summed E-state index contributed by atoms with van der Waals surface area (Å²) in [5.41, 5.74) is 2.04. The van der Waals surface area contributed by atoms with Gasteiger partial charge in [0.05, 0.1) is 43.3 Å². The maximum atomic E-state index is 13.5. The van der Waals surface area contributed by atoms with Crippen LogP contribution in [0.1, 0.15) is 30.9 Å². The molecule has 0 spiro atoms. The second-order valence-corrected chi connectivity index (χ2v) is 9.56. The molecule has 1 aliphatic rings. The van der Waals surface area contributed by atoms with E-state index in [0.29, 0.717) is 36.0 Å². The Morgan fingerprint density at radius 2 is 1.65 bits per heavy atom. The van der Waals surface area contributed by atoms with Crippen LogP contribution in [-0.4, -0.2) is 63.3 Å². The molecule has 2 aromatic rings. The normalized spacial score (nSPS) is 15.1. The summed E-state index contributed by atoms with van der Waals surface area (Å²) in [4.78, 5) is 39.2. The van der Waals surface area contributed by atoms with Crippen LogP contribution >= 0.6 is 11.6 Å². The van der Waals surface area contributed by atoms with Crippen LogP contribution in [0, 0.1) is 10.1 Å². The largest absolute Gasteiger partial charge is 0.493 e. The minimum absolute atomic E-state index is 0.0467. The van der Waals surface area contributed by atoms with Gasteiger partial charge in [-0.05, 0) is 50.2 Å². The second kappa shape index (κ2) is 13.3. The lowest BCUT2D eigenvalue weighted by atomic mass is 9.80. The molecule has 3 rings (SSSR count). The third kappa shape index (κ3) is 6.72. The highest BCUT2D eigenvalue weighted by atomic mass is 35.5. The van der Waals surface area contributed by atoms with Crippen LogP contribution in [0.4, 0.5) is 5.69 Å². The number of esters is 2. The number of benzene rings is 2. The Kier molecular flexibility index (Phi) is 10.1. The van der Waals surface area contributed by atoms with Crippen molar-refractivity contribution >= 4 is 29.2 Å². The molecule has 1 unspecified atom stereocenters. The molecule has 0 aromatic heterocycles. The summed E-state index contributed by atoms with van der Waals surface area (Å²) in [6.45, 7) is 4.32. The van der Waals surface area contributed by atoms with Crippen molar-refractivity contribution in [2.24, 2.45) is 0 Å². The number of carbonyl (C=O) groups excluding carboxylic acids is 2. The maximum absolute atomic E-state index is 13.5. The third-order valence-electron chi connectivity index (χ3n) is 6.49. The summed E-state index contributed by atoms with van der Waals surface area (Å²) in [6, 6.07) is 9.49. The molecule has 214 valence electrons. The summed E-state index contributed by atoms with van der Waals surface area (Å²) in [6.07, 6.45) is 0. The van der Waals surface area contributed by atoms with Crippen molar-refractivity contribution in [3.05, 3.63) is 85.2 Å². The molecular weight excluding hydrogens is 542 g/mol. The fraction of sp³-hybridized carbons (Fsp3) is 0.357. The van der Waals surface area contributed by atoms with Gasteiger partial charge in [-0.1, -0.05) is 17.7 Å². The topological polar surface area (TPSA) is 129 Å². The number of dihydropyridines is 1. The van der Waals surface area contributed by atoms with Crippen molar-refractivity contribution in [2.75, 3.05) is 41.5 Å². The van der Waals surface area contributed by atoms with Gasteiger partial charge in [0.25, 0.3) is 5.69 Å². The standard InChI is InChI=1S/C28H32ClN3O8/c1-16-24(27(33)39-6)26(20-14-19(32(35)36)8-9-21(20)29)25(17(2)30-16)28(34)40-12-11-31(3)15-18-7-10-22(37-4)23(13-18)38-5/h7-10,13-14,26,30H,11-12,15H2,1-6H3. The number of non-ortho nitro benzene ring substituents is 1. The number of carbonyl (C=O) groups is 2. The van der Waals surface area contributed by atoms with Crippen molar-refractivity contribution < 1.29 is 33.5 Å². The van der Waals surface area contributed by atoms with Gasteiger partial charge >= 0.3 is 11.9 Å². The average molecular weight is 574 g/mol. The number of ether oxygens (including phenoxy) is 4. The van der Waals surface area contributed by atoms with Crippen molar-refractivity contribution in [3.8, 4) is 11.5 Å². The van der Waals surface area contributed by atoms with E-state index in [-0.39, 0.29) is 34.0 Å². The minimum Gasteiger partial charge on any atom is -0.493 e. The zero-order chi connectivity index (χ0) is 29.6. The quantitative estimate of drug-likeness (QED) is 0.235. The fourth-order valence-corrected chi connectivity index (χ4v) is 4.79. The Hall–Kier alpha value is -4.09. The molecule has 1 atom stereocenters. The lowest BCUT2D eigenvalue weighted by Crippen LogP contribution is -2.33. The van der Waals surface area contributed by atoms with Crippen LogP contribution < -0.4 is 14.8 Å². The number of hydrogen-bond donors (Lipinski definition) is 1. The van der Waals surface area contributed by atoms with E-state index in [4.69, 9.17) is 30.5 Å². The highest BCUT2D eigenvalue weighted by Gasteiger charge is 2.39. The first kappa shape index (κ1) is 30.5. The Labute approximate surface area is 237 Å². The lowest BCUT2D eigenvalue weighted by molar-refractivity contribution is -0.384. The van der Waals surface area contributed by atoms with Gasteiger partial charge in [0.15, 0.2) is 11.5 Å². The summed E-state index contributed by atoms with van der Waals surface area (Å²) < 4.78 is 21.2. The minimum atomic E-state index is -1.04. The first-order chi connectivity index (χ1) is 19.0. The molecule has 1 aliphatic heterocycles. The number of rotatable bonds is 11. The number of hydrogen-bond acceptors (Lipinski definition) is 10. The molecule has 11 nitrogen and oxygen atoms in total. The van der Waals surface area contributed by atoms with Gasteiger partial charge in [0.2, 0.25) is 0 Å². The number of nitro benzene ring substituents is 1. The van der Waals surface area contributed by atoms with Crippen LogP contribution in [0.15, 0.2) is 58.9 Å². The lowest BCUT2D eigenvalue weighted by Gasteiger charge is -2.30. The van der Waals surface area contributed by atoms with Crippen LogP contribution in [0.2, 0.25) is 5.02 Å². The summed E-state index contributed by atoms with van der Waals surface area (Å²) in [5, 5.41) is 14.7. The summed E-state index contributed by atoms with van der Waals surface area (Å²) in [7, 11) is 6.23. The summed E-state index contributed by atoms with van der Waals surface area (Å²) >= 11 is 6.46. The fourth-order valence-electron chi connectivity index (χ4n) is 4.56. The first-order valence-corrected chi connectivity index (χ1v) is 12.7. The van der Waals surface area contributed by atoms with Gasteiger partial charge in [-0.2, -0.15) is 0 Å². The number of nitrogens with one attached hydrogen (secondary N) is 1. The molecule has 1 N–H and O–H groups in total. The van der Waals surface area contributed by atoms with E-state index < -0.39 is 22.8 Å². The monoisotopic (exact) mass is 573 g/mol. The molecule has 1 heterocycles. The van der Waals surface area contributed by atoms with E-state index >= 15 is 0 Å². The predicted molar refractivity (Wildman–Crippen MR) is 148 cm³/mol. The Morgan fingerprint density at radius 1 is 1.00 bits per heavy atom. The Balaban J connectivity index is 1.83. The smallest absolute Gasteiger partial charge is 0.336 e. The molecule has 0 saturated carbocycles. The average Bonchev–Trinajstić information content (AvgIpc) is 2.92.